The number of likely N-dealkylation sites (N-methyl/N-ethyl adjacent to an activating group) is 1. The molecule has 0 bridgehead atoms. The molecule has 0 unspecified atom stereocenters. The molecule has 0 spiro atoms. The molecule has 1 aromatic carbocycles. The summed E-state index contributed by atoms with van der Waals surface area (Å²) in [5.41, 5.74) is 7.39. The Balaban J connectivity index is 2.03. The Kier molecular flexibility index (Phi) is 5.16. The number of hydrogen-bond donors (Lipinski definition) is 1. The molecule has 0 fully saturated rings. The number of benzene rings is 1. The van der Waals surface area contributed by atoms with Crippen LogP contribution in [-0.4, -0.2) is 35.5 Å². The van der Waals surface area contributed by atoms with Gasteiger partial charge in [0.1, 0.15) is 5.75 Å². The zero-order valence-corrected chi connectivity index (χ0v) is 13.0. The van der Waals surface area contributed by atoms with E-state index in [-0.39, 0.29) is 12.5 Å². The summed E-state index contributed by atoms with van der Waals surface area (Å²) in [7, 11) is 0. The lowest BCUT2D eigenvalue weighted by Gasteiger charge is -2.18. The Bertz CT molecular complexity index is 608. The summed E-state index contributed by atoms with van der Waals surface area (Å²) in [6, 6.07) is 7.51. The van der Waals surface area contributed by atoms with Crippen LogP contribution in [0.2, 0.25) is 0 Å². The predicted octanol–water partition coefficient (Wildman–Crippen LogP) is 2.64. The molecule has 112 valence electrons. The molecule has 0 radical (unpaired) electrons. The minimum Gasteiger partial charge on any atom is -0.484 e. The number of thiazole rings is 1. The van der Waals surface area contributed by atoms with Crippen molar-refractivity contribution < 1.29 is 9.53 Å². The Morgan fingerprint density at radius 1 is 1.38 bits per heavy atom. The van der Waals surface area contributed by atoms with Gasteiger partial charge in [0.15, 0.2) is 11.7 Å². The van der Waals surface area contributed by atoms with Gasteiger partial charge in [-0.2, -0.15) is 0 Å². The number of anilines is 1. The standard InChI is InChI=1S/C15H19N3O2S/c1-3-18(4-2)14(19)9-20-12-7-5-6-11(8-12)13-10-21-15(16)17-13/h5-8,10H,3-4,9H2,1-2H3,(H2,16,17). The molecular weight excluding hydrogens is 286 g/mol. The van der Waals surface area contributed by atoms with Crippen LogP contribution in [0.5, 0.6) is 5.75 Å². The average molecular weight is 305 g/mol. The highest BCUT2D eigenvalue weighted by atomic mass is 32.1. The van der Waals surface area contributed by atoms with Gasteiger partial charge >= 0.3 is 0 Å². The SMILES string of the molecule is CCN(CC)C(=O)COc1cccc(-c2csc(N)n2)c1. The molecule has 0 atom stereocenters. The quantitative estimate of drug-likeness (QED) is 0.891. The first kappa shape index (κ1) is 15.3. The van der Waals surface area contributed by atoms with Crippen molar-refractivity contribution in [1.29, 1.82) is 0 Å². The van der Waals surface area contributed by atoms with Crippen molar-refractivity contribution in [1.82, 2.24) is 9.88 Å². The van der Waals surface area contributed by atoms with Crippen LogP contribution in [0.3, 0.4) is 0 Å². The van der Waals surface area contributed by atoms with E-state index in [0.29, 0.717) is 24.0 Å². The third-order valence-electron chi connectivity index (χ3n) is 3.13. The molecule has 0 aliphatic rings. The summed E-state index contributed by atoms with van der Waals surface area (Å²) >= 11 is 1.40. The fourth-order valence-corrected chi connectivity index (χ4v) is 2.55. The minimum atomic E-state index is -0.0108. The van der Waals surface area contributed by atoms with Crippen LogP contribution in [0, 0.1) is 0 Å². The predicted molar refractivity (Wildman–Crippen MR) is 85.4 cm³/mol. The van der Waals surface area contributed by atoms with Crippen molar-refractivity contribution in [2.24, 2.45) is 0 Å². The molecule has 0 saturated carbocycles. The van der Waals surface area contributed by atoms with Gasteiger partial charge in [-0.1, -0.05) is 12.1 Å². The van der Waals surface area contributed by atoms with E-state index in [9.17, 15) is 4.79 Å². The van der Waals surface area contributed by atoms with E-state index in [2.05, 4.69) is 4.98 Å². The first-order valence-electron chi connectivity index (χ1n) is 6.86. The highest BCUT2D eigenvalue weighted by molar-refractivity contribution is 7.13. The first-order valence-corrected chi connectivity index (χ1v) is 7.74. The molecule has 2 rings (SSSR count). The highest BCUT2D eigenvalue weighted by Gasteiger charge is 2.10. The van der Waals surface area contributed by atoms with E-state index >= 15 is 0 Å². The molecule has 0 saturated heterocycles. The number of hydrogen-bond acceptors (Lipinski definition) is 5. The largest absolute Gasteiger partial charge is 0.484 e. The van der Waals surface area contributed by atoms with Crippen molar-refractivity contribution in [3.63, 3.8) is 0 Å². The van der Waals surface area contributed by atoms with Gasteiger partial charge in [-0.3, -0.25) is 4.79 Å². The van der Waals surface area contributed by atoms with Gasteiger partial charge in [0.25, 0.3) is 5.91 Å². The fraction of sp³-hybridized carbons (Fsp3) is 0.333. The topological polar surface area (TPSA) is 68.5 Å². The maximum Gasteiger partial charge on any atom is 0.260 e. The molecule has 21 heavy (non-hydrogen) atoms. The van der Waals surface area contributed by atoms with E-state index in [1.807, 2.05) is 43.5 Å². The summed E-state index contributed by atoms with van der Waals surface area (Å²) in [5.74, 6) is 0.642. The zero-order chi connectivity index (χ0) is 15.2. The smallest absolute Gasteiger partial charge is 0.260 e. The van der Waals surface area contributed by atoms with E-state index in [0.717, 1.165) is 11.3 Å². The molecule has 1 amide bonds. The van der Waals surface area contributed by atoms with Gasteiger partial charge < -0.3 is 15.4 Å². The minimum absolute atomic E-state index is 0.0108. The maximum absolute atomic E-state index is 11.9. The second-order valence-corrected chi connectivity index (χ2v) is 5.34. The number of rotatable bonds is 6. The molecule has 5 nitrogen and oxygen atoms in total. The van der Waals surface area contributed by atoms with Crippen molar-refractivity contribution >= 4 is 22.4 Å². The van der Waals surface area contributed by atoms with E-state index in [1.165, 1.54) is 11.3 Å². The number of nitrogen functional groups attached to an aromatic ring is 1. The molecule has 1 heterocycles. The van der Waals surface area contributed by atoms with Gasteiger partial charge in [0.2, 0.25) is 0 Å². The first-order chi connectivity index (χ1) is 10.1. The van der Waals surface area contributed by atoms with Crippen molar-refractivity contribution in [2.75, 3.05) is 25.4 Å². The van der Waals surface area contributed by atoms with Crippen LogP contribution < -0.4 is 10.5 Å². The number of amides is 1. The van der Waals surface area contributed by atoms with Gasteiger partial charge in [-0.15, -0.1) is 11.3 Å². The monoisotopic (exact) mass is 305 g/mol. The molecule has 2 N–H and O–H groups in total. The van der Waals surface area contributed by atoms with Gasteiger partial charge in [-0.05, 0) is 26.0 Å². The van der Waals surface area contributed by atoms with E-state index in [1.54, 1.807) is 4.90 Å². The second kappa shape index (κ2) is 7.08. The van der Waals surface area contributed by atoms with Crippen molar-refractivity contribution in [3.05, 3.63) is 29.6 Å². The molecule has 0 aliphatic carbocycles. The Morgan fingerprint density at radius 2 is 2.14 bits per heavy atom. The number of ether oxygens (including phenoxy) is 1. The fourth-order valence-electron chi connectivity index (χ4n) is 1.98. The van der Waals surface area contributed by atoms with Gasteiger partial charge in [-0.25, -0.2) is 4.98 Å². The van der Waals surface area contributed by atoms with Crippen LogP contribution in [0.1, 0.15) is 13.8 Å². The lowest BCUT2D eigenvalue weighted by molar-refractivity contribution is -0.132. The Morgan fingerprint density at radius 3 is 2.76 bits per heavy atom. The number of carbonyl (C=O) groups excluding carboxylic acids is 1. The number of nitrogens with two attached hydrogens (primary N) is 1. The summed E-state index contributed by atoms with van der Waals surface area (Å²) in [6.45, 7) is 5.33. The number of aromatic nitrogens is 1. The van der Waals surface area contributed by atoms with Gasteiger partial charge in [0.05, 0.1) is 5.69 Å². The van der Waals surface area contributed by atoms with Crippen LogP contribution in [0.15, 0.2) is 29.6 Å². The Hall–Kier alpha value is -2.08. The van der Waals surface area contributed by atoms with E-state index in [4.69, 9.17) is 10.5 Å². The molecule has 6 heteroatoms. The molecular formula is C15H19N3O2S. The number of carbonyl (C=O) groups is 1. The summed E-state index contributed by atoms with van der Waals surface area (Å²) in [5, 5.41) is 2.43. The zero-order valence-electron chi connectivity index (χ0n) is 12.2. The summed E-state index contributed by atoms with van der Waals surface area (Å²) in [4.78, 5) is 17.9. The van der Waals surface area contributed by atoms with Gasteiger partial charge in [0, 0.05) is 24.0 Å². The highest BCUT2D eigenvalue weighted by Crippen LogP contribution is 2.26. The van der Waals surface area contributed by atoms with Crippen LogP contribution >= 0.6 is 11.3 Å². The van der Waals surface area contributed by atoms with E-state index < -0.39 is 0 Å². The average Bonchev–Trinajstić information content (AvgIpc) is 2.93. The molecule has 0 aliphatic heterocycles. The molecule has 1 aromatic heterocycles. The third kappa shape index (κ3) is 3.95. The normalized spacial score (nSPS) is 10.4. The summed E-state index contributed by atoms with van der Waals surface area (Å²) < 4.78 is 5.57. The lowest BCUT2D eigenvalue weighted by Crippen LogP contribution is -2.34. The lowest BCUT2D eigenvalue weighted by atomic mass is 10.2. The van der Waals surface area contributed by atoms with Crippen LogP contribution in [0.4, 0.5) is 5.13 Å². The van der Waals surface area contributed by atoms with Crippen LogP contribution in [-0.2, 0) is 4.79 Å². The number of nitrogens with zero attached hydrogens (tertiary/aromatic N) is 2. The van der Waals surface area contributed by atoms with Crippen LogP contribution in [0.25, 0.3) is 11.3 Å². The van der Waals surface area contributed by atoms with Crippen molar-refractivity contribution in [3.8, 4) is 17.0 Å². The third-order valence-corrected chi connectivity index (χ3v) is 3.80. The van der Waals surface area contributed by atoms with Crippen molar-refractivity contribution in [2.45, 2.75) is 13.8 Å². The summed E-state index contributed by atoms with van der Waals surface area (Å²) in [6.07, 6.45) is 0. The maximum atomic E-state index is 11.9. The molecule has 2 aromatic rings. The second-order valence-electron chi connectivity index (χ2n) is 4.45. The Labute approximate surface area is 128 Å².